The number of amides is 4. The van der Waals surface area contributed by atoms with Gasteiger partial charge in [0.15, 0.2) is 0 Å². The van der Waals surface area contributed by atoms with Gasteiger partial charge < -0.3 is 0 Å². The Morgan fingerprint density at radius 2 is 1.18 bits per heavy atom. The van der Waals surface area contributed by atoms with E-state index in [9.17, 15) is 24.0 Å². The number of quaternary nitrogens is 1. The summed E-state index contributed by atoms with van der Waals surface area (Å²) in [6.45, 7) is 6.10. The first-order chi connectivity index (χ1) is 16.5. The number of hydrazone groups is 1. The molecule has 11 nitrogen and oxygen atoms in total. The predicted molar refractivity (Wildman–Crippen MR) is 126 cm³/mol. The van der Waals surface area contributed by atoms with Crippen LogP contribution in [0.2, 0.25) is 0 Å². The zero-order valence-corrected chi connectivity index (χ0v) is 20.8. The standard InChI is InChI=1S/C23H39N6O5/c1-4-7-10-13-16-27(22(33)28(24-19-30)17-14-11-8-5-2)23(34)29(25-20-31,26-21-32)18-15-12-9-6-3/h4-18H2,1-3H3/q+1. The van der Waals surface area contributed by atoms with Crippen molar-refractivity contribution in [2.24, 2.45) is 15.3 Å². The molecule has 0 fully saturated rings. The Hall–Kier alpha value is -2.96. The highest BCUT2D eigenvalue weighted by atomic mass is 16.2. The van der Waals surface area contributed by atoms with Gasteiger partial charge in [-0.1, -0.05) is 77.2 Å². The molecule has 0 aliphatic heterocycles. The lowest BCUT2D eigenvalue weighted by molar-refractivity contribution is -0.866. The van der Waals surface area contributed by atoms with Gasteiger partial charge in [0, 0.05) is 34.4 Å². The smallest absolute Gasteiger partial charge is 0.246 e. The van der Waals surface area contributed by atoms with Crippen LogP contribution in [0.15, 0.2) is 15.3 Å². The molecule has 0 saturated heterocycles. The number of carbonyl (C=O) groups is 2. The first-order valence-corrected chi connectivity index (χ1v) is 12.3. The lowest BCUT2D eigenvalue weighted by Gasteiger charge is -2.28. The summed E-state index contributed by atoms with van der Waals surface area (Å²) in [6.07, 6.45) is 13.4. The van der Waals surface area contributed by atoms with Gasteiger partial charge in [0.2, 0.25) is 0 Å². The van der Waals surface area contributed by atoms with Crippen LogP contribution in [0.25, 0.3) is 0 Å². The minimum absolute atomic E-state index is 0.00474. The number of hydrogen-bond acceptors (Lipinski definition) is 8. The van der Waals surface area contributed by atoms with Crippen LogP contribution in [-0.4, -0.2) is 64.5 Å². The Bertz CT molecular complexity index is 737. The summed E-state index contributed by atoms with van der Waals surface area (Å²) in [5.74, 6) is 0. The Morgan fingerprint density at radius 1 is 0.676 bits per heavy atom. The first kappa shape index (κ1) is 31.0. The van der Waals surface area contributed by atoms with Crippen molar-refractivity contribution in [1.82, 2.24) is 9.91 Å². The number of rotatable bonds is 18. The van der Waals surface area contributed by atoms with Crippen molar-refractivity contribution in [3.05, 3.63) is 0 Å². The van der Waals surface area contributed by atoms with Crippen LogP contribution in [-0.2, 0) is 14.4 Å². The molecule has 0 bridgehead atoms. The maximum Gasteiger partial charge on any atom is 0.482 e. The molecule has 0 heterocycles. The van der Waals surface area contributed by atoms with E-state index in [1.165, 1.54) is 18.2 Å². The average Bonchev–Trinajstić information content (AvgIpc) is 2.83. The SMILES string of the molecule is CCCCCCN(N=C=O)C(=O)N(CCCCCC)C(=O)[N+](CCCCCC)(N=C=O)N=C=O. The van der Waals surface area contributed by atoms with E-state index in [1.54, 1.807) is 0 Å². The van der Waals surface area contributed by atoms with E-state index in [1.807, 2.05) is 20.8 Å². The van der Waals surface area contributed by atoms with Gasteiger partial charge in [-0.25, -0.2) is 33.9 Å². The van der Waals surface area contributed by atoms with Gasteiger partial charge >= 0.3 is 12.1 Å². The second kappa shape index (κ2) is 19.5. The maximum atomic E-state index is 13.6. The van der Waals surface area contributed by atoms with Crippen LogP contribution in [0.4, 0.5) is 9.59 Å². The summed E-state index contributed by atoms with van der Waals surface area (Å²) in [6, 6.07) is -1.83. The van der Waals surface area contributed by atoms with Gasteiger partial charge in [0.1, 0.15) is 6.54 Å². The molecule has 0 aliphatic rings. The average molecular weight is 480 g/mol. The Morgan fingerprint density at radius 3 is 1.65 bits per heavy atom. The largest absolute Gasteiger partial charge is 0.482 e. The molecule has 0 radical (unpaired) electrons. The van der Waals surface area contributed by atoms with Gasteiger partial charge in [-0.15, -0.1) is 0 Å². The van der Waals surface area contributed by atoms with E-state index in [0.29, 0.717) is 19.3 Å². The Kier molecular flexibility index (Phi) is 17.8. The molecule has 0 spiro atoms. The number of nitrogens with zero attached hydrogens (tertiary/aromatic N) is 6. The van der Waals surface area contributed by atoms with Crippen LogP contribution in [0.1, 0.15) is 97.8 Å². The zero-order chi connectivity index (χ0) is 25.7. The van der Waals surface area contributed by atoms with Crippen LogP contribution >= 0.6 is 0 Å². The number of imide groups is 1. The second-order valence-corrected chi connectivity index (χ2v) is 8.05. The second-order valence-electron chi connectivity index (χ2n) is 8.05. The van der Waals surface area contributed by atoms with Gasteiger partial charge in [-0.3, -0.25) is 0 Å². The third kappa shape index (κ3) is 11.3. The van der Waals surface area contributed by atoms with E-state index in [4.69, 9.17) is 0 Å². The van der Waals surface area contributed by atoms with Crippen LogP contribution in [0.3, 0.4) is 0 Å². The van der Waals surface area contributed by atoms with Crippen LogP contribution in [0, 0.1) is 0 Å². The third-order valence-corrected chi connectivity index (χ3v) is 5.35. The summed E-state index contributed by atoms with van der Waals surface area (Å²) in [4.78, 5) is 61.1. The van der Waals surface area contributed by atoms with Crippen LogP contribution in [0.5, 0.6) is 0 Å². The Labute approximate surface area is 202 Å². The molecule has 34 heavy (non-hydrogen) atoms. The normalized spacial score (nSPS) is 11.9. The zero-order valence-electron chi connectivity index (χ0n) is 20.8. The molecule has 0 aromatic carbocycles. The molecule has 0 saturated carbocycles. The molecule has 0 aliphatic carbocycles. The van der Waals surface area contributed by atoms with Gasteiger partial charge in [0.05, 0.1) is 0 Å². The molecule has 0 aromatic heterocycles. The fourth-order valence-electron chi connectivity index (χ4n) is 3.43. The lowest BCUT2D eigenvalue weighted by atomic mass is 10.2. The van der Waals surface area contributed by atoms with Crippen molar-refractivity contribution in [2.75, 3.05) is 19.6 Å². The van der Waals surface area contributed by atoms with E-state index in [0.717, 1.165) is 67.7 Å². The number of isocyanates is 3. The van der Waals surface area contributed by atoms with Gasteiger partial charge in [0.25, 0.3) is 18.2 Å². The van der Waals surface area contributed by atoms with Crippen molar-refractivity contribution in [3.63, 3.8) is 0 Å². The van der Waals surface area contributed by atoms with Crippen LogP contribution < -0.4 is 0 Å². The van der Waals surface area contributed by atoms with Crippen molar-refractivity contribution in [3.8, 4) is 0 Å². The molecule has 11 heteroatoms. The van der Waals surface area contributed by atoms with Gasteiger partial charge in [-0.05, 0) is 19.3 Å². The quantitative estimate of drug-likeness (QED) is 0.0883. The monoisotopic (exact) mass is 479 g/mol. The minimum Gasteiger partial charge on any atom is -0.246 e. The molecule has 0 atom stereocenters. The number of hydrogen-bond donors (Lipinski definition) is 0. The highest BCUT2D eigenvalue weighted by Crippen LogP contribution is 2.20. The fourth-order valence-corrected chi connectivity index (χ4v) is 3.43. The van der Waals surface area contributed by atoms with Gasteiger partial charge in [-0.2, -0.15) is 0 Å². The predicted octanol–water partition coefficient (Wildman–Crippen LogP) is 5.14. The third-order valence-electron chi connectivity index (χ3n) is 5.35. The van der Waals surface area contributed by atoms with E-state index < -0.39 is 16.8 Å². The van der Waals surface area contributed by atoms with Crippen molar-refractivity contribution in [2.45, 2.75) is 97.8 Å². The fraction of sp³-hybridized carbons (Fsp3) is 0.783. The minimum atomic E-state index is -1.29. The summed E-state index contributed by atoms with van der Waals surface area (Å²) in [7, 11) is 0. The number of urea groups is 2. The van der Waals surface area contributed by atoms with Crippen molar-refractivity contribution >= 4 is 30.3 Å². The molecule has 0 N–H and O–H groups in total. The molecule has 0 rings (SSSR count). The lowest BCUT2D eigenvalue weighted by Crippen LogP contribution is -2.56. The molecule has 0 aromatic rings. The summed E-state index contributed by atoms with van der Waals surface area (Å²) in [5.41, 5.74) is 0. The molecule has 4 amide bonds. The molecular weight excluding hydrogens is 440 g/mol. The molecular formula is C23H39N6O5+. The van der Waals surface area contributed by atoms with E-state index >= 15 is 0 Å². The topological polar surface area (TPSA) is 129 Å². The summed E-state index contributed by atoms with van der Waals surface area (Å²) < 4.78 is -1.29. The highest BCUT2D eigenvalue weighted by molar-refractivity contribution is 5.90. The highest BCUT2D eigenvalue weighted by Gasteiger charge is 2.47. The number of unbranched alkanes of at least 4 members (excludes halogenated alkanes) is 9. The summed E-state index contributed by atoms with van der Waals surface area (Å²) >= 11 is 0. The summed E-state index contributed by atoms with van der Waals surface area (Å²) in [5, 5.41) is 11.4. The van der Waals surface area contributed by atoms with E-state index in [2.05, 4.69) is 15.3 Å². The first-order valence-electron chi connectivity index (χ1n) is 12.3. The number of carbonyl (C=O) groups excluding carboxylic acids is 5. The molecule has 0 unspecified atom stereocenters. The van der Waals surface area contributed by atoms with Crippen molar-refractivity contribution < 1.29 is 28.7 Å². The van der Waals surface area contributed by atoms with E-state index in [-0.39, 0.29) is 19.6 Å². The van der Waals surface area contributed by atoms with Crippen molar-refractivity contribution in [1.29, 1.82) is 0 Å². The maximum absolute atomic E-state index is 13.6. The Balaban J connectivity index is 6.05. The molecule has 190 valence electrons.